The Morgan fingerprint density at radius 1 is 0.917 bits per heavy atom. The van der Waals surface area contributed by atoms with Gasteiger partial charge in [0.2, 0.25) is 6.79 Å². The normalized spacial score (nSPS) is 20.4. The van der Waals surface area contributed by atoms with E-state index in [1.807, 2.05) is 38.1 Å². The number of sulfonamides is 1. The number of methoxy groups -OCH3 is 2. The average Bonchev–Trinajstić information content (AvgIpc) is 3.33. The van der Waals surface area contributed by atoms with Crippen LogP contribution in [-0.2, 0) is 10.0 Å². The van der Waals surface area contributed by atoms with E-state index in [0.717, 1.165) is 16.7 Å². The predicted octanol–water partition coefficient (Wildman–Crippen LogP) is 3.71. The second kappa shape index (κ2) is 9.53. The molecule has 3 aromatic carbocycles. The summed E-state index contributed by atoms with van der Waals surface area (Å²) in [5.41, 5.74) is 5.61. The van der Waals surface area contributed by atoms with Crippen molar-refractivity contribution in [3.63, 3.8) is 0 Å². The molecule has 190 valence electrons. The molecule has 0 saturated carbocycles. The van der Waals surface area contributed by atoms with Crippen molar-refractivity contribution < 1.29 is 32.1 Å². The van der Waals surface area contributed by atoms with Gasteiger partial charge >= 0.3 is 0 Å². The van der Waals surface area contributed by atoms with Gasteiger partial charge in [-0.25, -0.2) is 13.8 Å². The minimum atomic E-state index is -3.82. The first-order chi connectivity index (χ1) is 17.3. The largest absolute Gasteiger partial charge is 0.493 e. The molecule has 0 bridgehead atoms. The number of hydrogen-bond donors (Lipinski definition) is 2. The van der Waals surface area contributed by atoms with E-state index in [-0.39, 0.29) is 23.5 Å². The third kappa shape index (κ3) is 4.32. The fourth-order valence-electron chi connectivity index (χ4n) is 4.67. The summed E-state index contributed by atoms with van der Waals surface area (Å²) >= 11 is 0. The summed E-state index contributed by atoms with van der Waals surface area (Å²) in [5, 5.41) is 0. The first kappa shape index (κ1) is 24.2. The van der Waals surface area contributed by atoms with Crippen LogP contribution in [0.15, 0.2) is 59.5 Å². The van der Waals surface area contributed by atoms with Gasteiger partial charge in [0, 0.05) is 29.0 Å². The van der Waals surface area contributed by atoms with Crippen molar-refractivity contribution in [2.24, 2.45) is 5.92 Å². The monoisotopic (exact) mass is 512 g/mol. The fourth-order valence-corrected chi connectivity index (χ4v) is 5.55. The Hall–Kier alpha value is -3.47. The molecule has 10 heteroatoms. The summed E-state index contributed by atoms with van der Waals surface area (Å²) in [6.07, 6.45) is -0.709. The number of nitrogens with one attached hydrogen (secondary N) is 2. The Balaban J connectivity index is 1.52. The maximum absolute atomic E-state index is 12.9. The summed E-state index contributed by atoms with van der Waals surface area (Å²) in [5.74, 6) is 2.47. The van der Waals surface area contributed by atoms with Crippen LogP contribution in [-0.4, -0.2) is 35.7 Å². The van der Waals surface area contributed by atoms with E-state index in [1.165, 1.54) is 0 Å². The molecule has 0 spiro atoms. The molecule has 0 radical (unpaired) electrons. The van der Waals surface area contributed by atoms with Gasteiger partial charge in [-0.15, -0.1) is 4.83 Å². The summed E-state index contributed by atoms with van der Waals surface area (Å²) in [7, 11) is -0.640. The zero-order chi connectivity index (χ0) is 25.4. The van der Waals surface area contributed by atoms with E-state index in [4.69, 9.17) is 23.7 Å². The maximum Gasteiger partial charge on any atom is 0.253 e. The number of fused-ring (bicyclic) bond motifs is 2. The van der Waals surface area contributed by atoms with Crippen molar-refractivity contribution in [3.05, 3.63) is 71.3 Å². The number of hydrogen-bond acceptors (Lipinski definition) is 8. The van der Waals surface area contributed by atoms with Crippen LogP contribution in [0.5, 0.6) is 28.7 Å². The number of aryl methyl sites for hydroxylation is 1. The van der Waals surface area contributed by atoms with E-state index < -0.39 is 16.3 Å². The van der Waals surface area contributed by atoms with Gasteiger partial charge in [0.25, 0.3) is 10.0 Å². The van der Waals surface area contributed by atoms with Crippen LogP contribution in [0, 0.1) is 12.8 Å². The van der Waals surface area contributed by atoms with E-state index in [9.17, 15) is 8.42 Å². The lowest BCUT2D eigenvalue weighted by Gasteiger charge is -2.39. The summed E-state index contributed by atoms with van der Waals surface area (Å²) in [4.78, 5) is 2.64. The van der Waals surface area contributed by atoms with Gasteiger partial charge < -0.3 is 23.7 Å². The Labute approximate surface area is 210 Å². The second-order valence-corrected chi connectivity index (χ2v) is 10.4. The van der Waals surface area contributed by atoms with Gasteiger partial charge in [-0.05, 0) is 31.2 Å². The molecule has 36 heavy (non-hydrogen) atoms. The molecule has 2 aliphatic heterocycles. The third-order valence-electron chi connectivity index (χ3n) is 6.53. The van der Waals surface area contributed by atoms with E-state index in [1.54, 1.807) is 44.6 Å². The molecule has 5 rings (SSSR count). The molecule has 0 fully saturated rings. The first-order valence-electron chi connectivity index (χ1n) is 11.5. The van der Waals surface area contributed by atoms with Crippen molar-refractivity contribution >= 4 is 10.0 Å². The van der Waals surface area contributed by atoms with Gasteiger partial charge in [0.15, 0.2) is 29.2 Å². The van der Waals surface area contributed by atoms with Gasteiger partial charge in [-0.3, -0.25) is 0 Å². The van der Waals surface area contributed by atoms with Crippen molar-refractivity contribution in [3.8, 4) is 28.7 Å². The standard InChI is InChI=1S/C26H28N2O7S/c1-15-8-10-17(11-9-15)36(29,30)28-27-26-16(2)24(18-6-5-7-20(31-3)25(18)32-4)19-12-22-23(34-14-33-22)13-21(19)35-26/h5-13,16,24,26-28H,14H2,1-4H3. The zero-order valence-corrected chi connectivity index (χ0v) is 21.2. The van der Waals surface area contributed by atoms with Gasteiger partial charge in [-0.2, -0.15) is 0 Å². The lowest BCUT2D eigenvalue weighted by Crippen LogP contribution is -2.52. The smallest absolute Gasteiger partial charge is 0.253 e. The molecule has 2 aliphatic rings. The fraction of sp³-hybridized carbons (Fsp3) is 0.308. The molecule has 2 heterocycles. The lowest BCUT2D eigenvalue weighted by atomic mass is 9.78. The van der Waals surface area contributed by atoms with Gasteiger partial charge in [0.05, 0.1) is 19.1 Å². The van der Waals surface area contributed by atoms with Gasteiger partial charge in [-0.1, -0.05) is 36.8 Å². The van der Waals surface area contributed by atoms with E-state index >= 15 is 0 Å². The minimum Gasteiger partial charge on any atom is -0.493 e. The Morgan fingerprint density at radius 3 is 2.33 bits per heavy atom. The summed E-state index contributed by atoms with van der Waals surface area (Å²) in [6.45, 7) is 4.00. The molecule has 0 aliphatic carbocycles. The van der Waals surface area contributed by atoms with Crippen molar-refractivity contribution in [2.75, 3.05) is 21.0 Å². The number of benzene rings is 3. The molecule has 3 atom stereocenters. The summed E-state index contributed by atoms with van der Waals surface area (Å²) < 4.78 is 54.6. The van der Waals surface area contributed by atoms with Crippen molar-refractivity contribution in [1.29, 1.82) is 0 Å². The number of hydrazine groups is 1. The van der Waals surface area contributed by atoms with Crippen LogP contribution in [0.25, 0.3) is 0 Å². The van der Waals surface area contributed by atoms with E-state index in [0.29, 0.717) is 28.7 Å². The second-order valence-electron chi connectivity index (χ2n) is 8.76. The number of para-hydroxylation sites is 1. The topological polar surface area (TPSA) is 104 Å². The Bertz CT molecular complexity index is 1380. The number of rotatable bonds is 7. The Kier molecular flexibility index (Phi) is 6.42. The van der Waals surface area contributed by atoms with E-state index in [2.05, 4.69) is 10.3 Å². The Morgan fingerprint density at radius 2 is 1.64 bits per heavy atom. The highest BCUT2D eigenvalue weighted by Gasteiger charge is 2.40. The van der Waals surface area contributed by atoms with Gasteiger partial charge in [0.1, 0.15) is 5.75 Å². The van der Waals surface area contributed by atoms with Crippen LogP contribution in [0.4, 0.5) is 0 Å². The van der Waals surface area contributed by atoms with Crippen LogP contribution in [0.3, 0.4) is 0 Å². The maximum atomic E-state index is 12.9. The molecule has 0 aromatic heterocycles. The molecular weight excluding hydrogens is 484 g/mol. The first-order valence-corrected chi connectivity index (χ1v) is 13.0. The van der Waals surface area contributed by atoms with Crippen LogP contribution >= 0.6 is 0 Å². The molecule has 0 amide bonds. The molecule has 2 N–H and O–H groups in total. The highest BCUT2D eigenvalue weighted by molar-refractivity contribution is 7.89. The lowest BCUT2D eigenvalue weighted by molar-refractivity contribution is 0.0732. The quantitative estimate of drug-likeness (QED) is 0.462. The van der Waals surface area contributed by atoms with Crippen molar-refractivity contribution in [2.45, 2.75) is 30.9 Å². The van der Waals surface area contributed by atoms with Crippen LogP contribution < -0.4 is 33.9 Å². The highest BCUT2D eigenvalue weighted by Crippen LogP contribution is 2.51. The van der Waals surface area contributed by atoms with Crippen LogP contribution in [0.2, 0.25) is 0 Å². The molecule has 0 saturated heterocycles. The molecular formula is C26H28N2O7S. The predicted molar refractivity (Wildman–Crippen MR) is 132 cm³/mol. The SMILES string of the molecule is COc1cccc(C2c3cc4c(cc3OC(NNS(=O)(=O)c3ccc(C)cc3)C2C)OCO4)c1OC. The zero-order valence-electron chi connectivity index (χ0n) is 20.4. The average molecular weight is 513 g/mol. The highest BCUT2D eigenvalue weighted by atomic mass is 32.2. The minimum absolute atomic E-state index is 0.124. The summed E-state index contributed by atoms with van der Waals surface area (Å²) in [6, 6.07) is 16.0. The third-order valence-corrected chi connectivity index (χ3v) is 7.81. The molecule has 3 unspecified atom stereocenters. The van der Waals surface area contributed by atoms with Crippen molar-refractivity contribution in [1.82, 2.24) is 10.3 Å². The molecule has 9 nitrogen and oxygen atoms in total. The molecule has 3 aromatic rings. The number of ether oxygens (including phenoxy) is 5. The van der Waals surface area contributed by atoms with Crippen LogP contribution in [0.1, 0.15) is 29.5 Å².